The number of rotatable bonds is 34. The van der Waals surface area contributed by atoms with Crippen LogP contribution < -0.4 is 10.2 Å². The van der Waals surface area contributed by atoms with Crippen LogP contribution in [0.4, 0.5) is 0 Å². The zero-order valence-electron chi connectivity index (χ0n) is 30.9. The maximum absolute atomic E-state index is 10.9. The van der Waals surface area contributed by atoms with Crippen molar-refractivity contribution in [3.8, 4) is 0 Å². The number of hydrogen-bond acceptors (Lipinski definition) is 6. The minimum Gasteiger partial charge on any atom is -0.550 e. The molecule has 272 valence electrons. The van der Waals surface area contributed by atoms with Gasteiger partial charge in [-0.15, -0.1) is 0 Å². The van der Waals surface area contributed by atoms with Crippen LogP contribution in [0.5, 0.6) is 0 Å². The number of unbranched alkanes of at least 4 members (excludes halogenated alkanes) is 20. The van der Waals surface area contributed by atoms with Crippen LogP contribution in [-0.2, 0) is 9.59 Å². The molecule has 0 aliphatic carbocycles. The molecule has 0 aromatic rings. The first-order valence-electron chi connectivity index (χ1n) is 19.4. The van der Waals surface area contributed by atoms with Crippen molar-refractivity contribution in [3.05, 3.63) is 24.3 Å². The van der Waals surface area contributed by atoms with E-state index in [1.54, 1.807) is 0 Å². The SMILES string of the molecule is CCCCCCCC/C=C\CCCCCCC(CCS)C(=O)[O-].CCCCCCCC/C=C\CCCCCCC(CCS)C(=O)[O-].[Ba+2]. The van der Waals surface area contributed by atoms with Gasteiger partial charge in [0, 0.05) is 11.9 Å². The molecule has 2 atom stereocenters. The first kappa shape index (κ1) is 52.1. The maximum atomic E-state index is 10.9. The van der Waals surface area contributed by atoms with Gasteiger partial charge in [0.05, 0.1) is 0 Å². The second kappa shape index (κ2) is 44.7. The number of allylic oxidation sites excluding steroid dienone is 4. The number of thiol groups is 2. The Hall–Kier alpha value is 0.691. The number of aliphatic carboxylic acids is 2. The normalized spacial score (nSPS) is 12.5. The molecule has 0 radical (unpaired) electrons. The number of carboxylic acids is 2. The summed E-state index contributed by atoms with van der Waals surface area (Å²) in [6.45, 7) is 4.51. The van der Waals surface area contributed by atoms with Crippen LogP contribution in [0.1, 0.15) is 194 Å². The van der Waals surface area contributed by atoms with E-state index in [0.717, 1.165) is 51.4 Å². The molecule has 47 heavy (non-hydrogen) atoms. The molecule has 0 aliphatic rings. The first-order valence-corrected chi connectivity index (χ1v) is 20.6. The molecule has 4 nitrogen and oxygen atoms in total. The molecule has 0 fully saturated rings. The standard InChI is InChI=1S/2C20H38O2S.Ba/c2*1-2-3-4-5-6-7-8-9-10-11-12-13-14-15-16-19(17-18-23)20(21)22;/h2*9-10,19,23H,2-8,11-18H2,1H3,(H,21,22);/q;;+2/p-2/b2*10-9-;. The zero-order valence-corrected chi connectivity index (χ0v) is 37.1. The number of carbonyl (C=O) groups excluding carboxylic acids is 2. The monoisotopic (exact) mass is 820 g/mol. The van der Waals surface area contributed by atoms with Gasteiger partial charge >= 0.3 is 48.9 Å². The van der Waals surface area contributed by atoms with Gasteiger partial charge in [0.25, 0.3) is 0 Å². The Morgan fingerprint density at radius 1 is 0.447 bits per heavy atom. The van der Waals surface area contributed by atoms with Gasteiger partial charge in [-0.1, -0.05) is 141 Å². The molecule has 0 amide bonds. The fraction of sp³-hybridized carbons (Fsp3) is 0.850. The maximum Gasteiger partial charge on any atom is 2.00 e. The van der Waals surface area contributed by atoms with Crippen LogP contribution in [0.2, 0.25) is 0 Å². The van der Waals surface area contributed by atoms with E-state index in [1.165, 1.54) is 116 Å². The van der Waals surface area contributed by atoms with Gasteiger partial charge < -0.3 is 19.8 Å². The largest absolute Gasteiger partial charge is 2.00 e. The van der Waals surface area contributed by atoms with Gasteiger partial charge in [0.1, 0.15) is 0 Å². The minimum atomic E-state index is -0.906. The van der Waals surface area contributed by atoms with Crippen LogP contribution in [0.3, 0.4) is 0 Å². The summed E-state index contributed by atoms with van der Waals surface area (Å²) < 4.78 is 0. The Kier molecular flexibility index (Phi) is 49.5. The van der Waals surface area contributed by atoms with E-state index in [9.17, 15) is 19.8 Å². The van der Waals surface area contributed by atoms with E-state index >= 15 is 0 Å². The topological polar surface area (TPSA) is 80.3 Å². The summed E-state index contributed by atoms with van der Waals surface area (Å²) in [5, 5.41) is 21.8. The van der Waals surface area contributed by atoms with Crippen molar-refractivity contribution < 1.29 is 19.8 Å². The third kappa shape index (κ3) is 42.8. The molecule has 0 aromatic heterocycles. The first-order chi connectivity index (χ1) is 22.4. The molecule has 0 aliphatic heterocycles. The predicted molar refractivity (Wildman–Crippen MR) is 209 cm³/mol. The number of carbonyl (C=O) groups is 2. The van der Waals surface area contributed by atoms with Gasteiger partial charge in [0.2, 0.25) is 0 Å². The zero-order chi connectivity index (χ0) is 34.4. The van der Waals surface area contributed by atoms with Crippen LogP contribution in [0.25, 0.3) is 0 Å². The average Bonchev–Trinajstić information content (AvgIpc) is 3.04. The summed E-state index contributed by atoms with van der Waals surface area (Å²) in [6, 6.07) is 0. The molecule has 0 heterocycles. The average molecular weight is 820 g/mol. The molecule has 2 unspecified atom stereocenters. The molecule has 0 N–H and O–H groups in total. The van der Waals surface area contributed by atoms with Crippen LogP contribution >= 0.6 is 25.3 Å². The Labute approximate surface area is 343 Å². The summed E-state index contributed by atoms with van der Waals surface area (Å²) in [5.74, 6) is -1.16. The van der Waals surface area contributed by atoms with Crippen molar-refractivity contribution >= 4 is 86.1 Å². The number of hydrogen-bond donors (Lipinski definition) is 2. The summed E-state index contributed by atoms with van der Waals surface area (Å²) in [7, 11) is 0. The quantitative estimate of drug-likeness (QED) is 0.0293. The third-order valence-corrected chi connectivity index (χ3v) is 9.27. The Morgan fingerprint density at radius 3 is 0.957 bits per heavy atom. The van der Waals surface area contributed by atoms with Gasteiger partial charge in [-0.2, -0.15) is 25.3 Å². The molecule has 0 rings (SSSR count). The molecular formula is C40H74BaO4S2. The predicted octanol–water partition coefficient (Wildman–Crippen LogP) is 10.3. The van der Waals surface area contributed by atoms with Crippen LogP contribution in [0, 0.1) is 11.8 Å². The summed E-state index contributed by atoms with van der Waals surface area (Å²) in [6.07, 6.45) is 42.3. The molecule has 0 saturated heterocycles. The number of carboxylic acid groups (broad SMARTS) is 2. The van der Waals surface area contributed by atoms with Gasteiger partial charge in [0.15, 0.2) is 0 Å². The van der Waals surface area contributed by atoms with Crippen LogP contribution in [0.15, 0.2) is 24.3 Å². The van der Waals surface area contributed by atoms with Crippen molar-refractivity contribution in [2.45, 2.75) is 194 Å². The molecule has 0 bridgehead atoms. The van der Waals surface area contributed by atoms with E-state index in [-0.39, 0.29) is 60.7 Å². The van der Waals surface area contributed by atoms with Crippen molar-refractivity contribution in [3.63, 3.8) is 0 Å². The summed E-state index contributed by atoms with van der Waals surface area (Å²) in [5.41, 5.74) is 0. The Balaban J connectivity index is -0.000000807. The van der Waals surface area contributed by atoms with Crippen molar-refractivity contribution in [2.24, 2.45) is 11.8 Å². The Bertz CT molecular complexity index is 644. The third-order valence-electron chi connectivity index (χ3n) is 8.75. The van der Waals surface area contributed by atoms with Crippen molar-refractivity contribution in [1.29, 1.82) is 0 Å². The van der Waals surface area contributed by atoms with E-state index in [4.69, 9.17) is 0 Å². The smallest absolute Gasteiger partial charge is 0.550 e. The van der Waals surface area contributed by atoms with E-state index < -0.39 is 11.9 Å². The summed E-state index contributed by atoms with van der Waals surface area (Å²) >= 11 is 8.21. The minimum absolute atomic E-state index is 0. The molecule has 0 aromatic carbocycles. The van der Waals surface area contributed by atoms with Gasteiger partial charge in [-0.25, -0.2) is 0 Å². The fourth-order valence-electron chi connectivity index (χ4n) is 5.64. The molecular weight excluding hydrogens is 746 g/mol. The van der Waals surface area contributed by atoms with E-state index in [0.29, 0.717) is 24.3 Å². The van der Waals surface area contributed by atoms with E-state index in [2.05, 4.69) is 63.4 Å². The van der Waals surface area contributed by atoms with Crippen LogP contribution in [-0.4, -0.2) is 72.3 Å². The summed E-state index contributed by atoms with van der Waals surface area (Å²) in [4.78, 5) is 21.8. The second-order valence-corrected chi connectivity index (χ2v) is 14.0. The Morgan fingerprint density at radius 2 is 0.702 bits per heavy atom. The van der Waals surface area contributed by atoms with Crippen molar-refractivity contribution in [2.75, 3.05) is 11.5 Å². The molecule has 0 spiro atoms. The van der Waals surface area contributed by atoms with Gasteiger partial charge in [-0.3, -0.25) is 0 Å². The molecule has 0 saturated carbocycles. The molecule has 7 heteroatoms. The van der Waals surface area contributed by atoms with Gasteiger partial charge in [-0.05, 0) is 100 Å². The van der Waals surface area contributed by atoms with Crippen molar-refractivity contribution in [1.82, 2.24) is 0 Å². The van der Waals surface area contributed by atoms with E-state index in [1.807, 2.05) is 0 Å². The fourth-order valence-corrected chi connectivity index (χ4v) is 6.26. The second-order valence-electron chi connectivity index (χ2n) is 13.1.